The van der Waals surface area contributed by atoms with Gasteiger partial charge < -0.3 is 10.5 Å². The Morgan fingerprint density at radius 2 is 1.70 bits per heavy atom. The lowest BCUT2D eigenvalue weighted by Crippen LogP contribution is -2.47. The summed E-state index contributed by atoms with van der Waals surface area (Å²) in [5.41, 5.74) is 7.11. The molecular formula is C28H25F6N3O3. The minimum Gasteiger partial charge on any atom is -0.428 e. The van der Waals surface area contributed by atoms with Crippen LogP contribution in [0.1, 0.15) is 41.9 Å². The third kappa shape index (κ3) is 6.37. The van der Waals surface area contributed by atoms with Gasteiger partial charge >= 0.3 is 18.6 Å². The monoisotopic (exact) mass is 565 g/mol. The number of primary amides is 1. The van der Waals surface area contributed by atoms with Gasteiger partial charge in [0.25, 0.3) is 0 Å². The normalized spacial score (nSPS) is 18.0. The standard InChI is InChI=1S/C28H25F6N3O3/c29-19-10-8-16(9-11-19)22(18-12-20(30)15-21(13-18)40-28(33,34)26(31)32)14-17-4-1-2-6-24(17)37(27(35)38)25-7-3-5-23(25)36-39/h1-2,4,6,8-13,15,22-23,25-26H,3,5,7,14H2,(H2,35,38)/t22-,23+,25?/m0/s1. The quantitative estimate of drug-likeness (QED) is 0.209. The fourth-order valence-corrected chi connectivity index (χ4v) is 5.11. The number of carbonyl (C=O) groups is 1. The Morgan fingerprint density at radius 1 is 1.00 bits per heavy atom. The van der Waals surface area contributed by atoms with Crippen molar-refractivity contribution in [2.45, 2.75) is 56.2 Å². The van der Waals surface area contributed by atoms with Crippen molar-refractivity contribution in [3.63, 3.8) is 0 Å². The minimum atomic E-state index is -4.87. The molecule has 0 heterocycles. The highest BCUT2D eigenvalue weighted by Crippen LogP contribution is 2.38. The van der Waals surface area contributed by atoms with Crippen molar-refractivity contribution in [1.29, 1.82) is 0 Å². The molecule has 0 saturated heterocycles. The van der Waals surface area contributed by atoms with Gasteiger partial charge in [-0.15, -0.1) is 0 Å². The summed E-state index contributed by atoms with van der Waals surface area (Å²) < 4.78 is 85.2. The predicted molar refractivity (Wildman–Crippen MR) is 136 cm³/mol. The summed E-state index contributed by atoms with van der Waals surface area (Å²) >= 11 is 0. The fraction of sp³-hybridized carbons (Fsp3) is 0.321. The number of hydrogen-bond acceptors (Lipinski definition) is 4. The number of nitrogens with two attached hydrogens (primary N) is 1. The average molecular weight is 566 g/mol. The number of anilines is 1. The zero-order valence-electron chi connectivity index (χ0n) is 21.0. The maximum absolute atomic E-state index is 14.6. The lowest BCUT2D eigenvalue weighted by Gasteiger charge is -2.31. The molecule has 3 atom stereocenters. The highest BCUT2D eigenvalue weighted by molar-refractivity contribution is 5.92. The summed E-state index contributed by atoms with van der Waals surface area (Å²) in [6.45, 7) is 0. The first-order chi connectivity index (χ1) is 19.0. The molecule has 6 nitrogen and oxygen atoms in total. The van der Waals surface area contributed by atoms with Gasteiger partial charge in [0.2, 0.25) is 0 Å². The van der Waals surface area contributed by atoms with Crippen molar-refractivity contribution in [3.8, 4) is 5.75 Å². The Kier molecular flexibility index (Phi) is 8.65. The van der Waals surface area contributed by atoms with Crippen molar-refractivity contribution in [2.75, 3.05) is 4.90 Å². The number of benzene rings is 3. The molecule has 0 bridgehead atoms. The predicted octanol–water partition coefficient (Wildman–Crippen LogP) is 7.15. The number of urea groups is 1. The molecule has 2 amide bonds. The van der Waals surface area contributed by atoms with Gasteiger partial charge in [-0.2, -0.15) is 22.5 Å². The number of para-hydroxylation sites is 1. The number of rotatable bonds is 10. The van der Waals surface area contributed by atoms with Crippen molar-refractivity contribution < 1.29 is 35.9 Å². The number of nitroso groups, excluding NO2 is 1. The van der Waals surface area contributed by atoms with Gasteiger partial charge in [0.15, 0.2) is 0 Å². The van der Waals surface area contributed by atoms with E-state index in [1.807, 2.05) is 0 Å². The molecule has 40 heavy (non-hydrogen) atoms. The van der Waals surface area contributed by atoms with Crippen LogP contribution in [0.15, 0.2) is 71.9 Å². The molecule has 3 aromatic rings. The topological polar surface area (TPSA) is 85.0 Å². The Bertz CT molecular complexity index is 1360. The first-order valence-corrected chi connectivity index (χ1v) is 12.4. The van der Waals surface area contributed by atoms with Crippen molar-refractivity contribution >= 4 is 11.7 Å². The molecule has 12 heteroatoms. The second-order valence-corrected chi connectivity index (χ2v) is 9.50. The summed E-state index contributed by atoms with van der Waals surface area (Å²) in [7, 11) is 0. The van der Waals surface area contributed by atoms with E-state index in [0.717, 1.165) is 24.3 Å². The summed E-state index contributed by atoms with van der Waals surface area (Å²) in [6.07, 6.45) is -7.38. The summed E-state index contributed by atoms with van der Waals surface area (Å²) in [5, 5.41) is 3.15. The number of halogens is 6. The van der Waals surface area contributed by atoms with E-state index in [-0.39, 0.29) is 12.0 Å². The van der Waals surface area contributed by atoms with Crippen LogP contribution in [0.5, 0.6) is 5.75 Å². The van der Waals surface area contributed by atoms with Crippen molar-refractivity contribution in [1.82, 2.24) is 0 Å². The third-order valence-corrected chi connectivity index (χ3v) is 6.90. The first-order valence-electron chi connectivity index (χ1n) is 12.4. The molecule has 0 radical (unpaired) electrons. The van der Waals surface area contributed by atoms with E-state index in [2.05, 4.69) is 9.91 Å². The number of amides is 2. The molecule has 1 unspecified atom stereocenters. The zero-order valence-corrected chi connectivity index (χ0v) is 21.0. The van der Waals surface area contributed by atoms with E-state index in [9.17, 15) is 36.0 Å². The largest absolute Gasteiger partial charge is 0.461 e. The van der Waals surface area contributed by atoms with Crippen LogP contribution in [0.2, 0.25) is 0 Å². The Balaban J connectivity index is 1.79. The molecule has 212 valence electrons. The van der Waals surface area contributed by atoms with Crippen LogP contribution in [-0.2, 0) is 6.42 Å². The van der Waals surface area contributed by atoms with E-state index in [0.29, 0.717) is 42.1 Å². The van der Waals surface area contributed by atoms with E-state index in [4.69, 9.17) is 5.73 Å². The molecule has 1 saturated carbocycles. The summed E-state index contributed by atoms with van der Waals surface area (Å²) in [5.74, 6) is -3.25. The lowest BCUT2D eigenvalue weighted by atomic mass is 9.85. The molecule has 0 aromatic heterocycles. The van der Waals surface area contributed by atoms with Gasteiger partial charge in [-0.3, -0.25) is 4.90 Å². The van der Waals surface area contributed by atoms with Crippen LogP contribution in [0.25, 0.3) is 0 Å². The lowest BCUT2D eigenvalue weighted by molar-refractivity contribution is -0.253. The van der Waals surface area contributed by atoms with E-state index >= 15 is 0 Å². The van der Waals surface area contributed by atoms with E-state index < -0.39 is 54.0 Å². The van der Waals surface area contributed by atoms with Crippen LogP contribution in [0, 0.1) is 16.5 Å². The van der Waals surface area contributed by atoms with E-state index in [1.165, 1.54) is 17.0 Å². The van der Waals surface area contributed by atoms with Crippen LogP contribution in [-0.4, -0.2) is 30.6 Å². The first kappa shape index (κ1) is 28.9. The van der Waals surface area contributed by atoms with Crippen LogP contribution < -0.4 is 15.4 Å². The molecule has 1 fully saturated rings. The van der Waals surface area contributed by atoms with Crippen LogP contribution in [0.4, 0.5) is 36.8 Å². The van der Waals surface area contributed by atoms with Gasteiger partial charge in [0, 0.05) is 17.7 Å². The Hall–Kier alpha value is -4.09. The van der Waals surface area contributed by atoms with Crippen molar-refractivity contribution in [2.24, 2.45) is 10.9 Å². The molecule has 0 spiro atoms. The molecule has 4 rings (SSSR count). The number of alkyl halides is 4. The van der Waals surface area contributed by atoms with Crippen LogP contribution >= 0.6 is 0 Å². The molecule has 3 aromatic carbocycles. The fourth-order valence-electron chi connectivity index (χ4n) is 5.11. The molecular weight excluding hydrogens is 540 g/mol. The second-order valence-electron chi connectivity index (χ2n) is 9.50. The molecule has 1 aliphatic rings. The smallest absolute Gasteiger partial charge is 0.428 e. The van der Waals surface area contributed by atoms with Crippen LogP contribution in [0.3, 0.4) is 0 Å². The van der Waals surface area contributed by atoms with Gasteiger partial charge in [-0.1, -0.05) is 35.5 Å². The van der Waals surface area contributed by atoms with Gasteiger partial charge in [-0.25, -0.2) is 13.6 Å². The second kappa shape index (κ2) is 12.0. The van der Waals surface area contributed by atoms with Gasteiger partial charge in [-0.05, 0) is 72.7 Å². The average Bonchev–Trinajstić information content (AvgIpc) is 3.36. The highest BCUT2D eigenvalue weighted by Gasteiger charge is 2.44. The Morgan fingerprint density at radius 3 is 2.35 bits per heavy atom. The minimum absolute atomic E-state index is 0.0195. The molecule has 2 N–H and O–H groups in total. The maximum atomic E-state index is 14.6. The highest BCUT2D eigenvalue weighted by atomic mass is 19.3. The third-order valence-electron chi connectivity index (χ3n) is 6.90. The maximum Gasteiger partial charge on any atom is 0.461 e. The molecule has 1 aliphatic carbocycles. The number of nitrogens with zero attached hydrogens (tertiary/aromatic N) is 2. The SMILES string of the molecule is NC(=O)N(c1ccccc1C[C@@H](c1ccc(F)cc1)c1cc(F)cc(OC(F)(F)C(F)F)c1)C1CCC[C@H]1N=O. The van der Waals surface area contributed by atoms with Gasteiger partial charge in [0.05, 0.1) is 6.04 Å². The number of carbonyl (C=O) groups excluding carboxylic acids is 1. The summed E-state index contributed by atoms with van der Waals surface area (Å²) in [4.78, 5) is 25.3. The molecule has 0 aliphatic heterocycles. The van der Waals surface area contributed by atoms with E-state index in [1.54, 1.807) is 24.3 Å². The van der Waals surface area contributed by atoms with Gasteiger partial charge in [0.1, 0.15) is 23.4 Å². The number of hydrogen-bond donors (Lipinski definition) is 1. The Labute approximate surface area is 225 Å². The number of ether oxygens (including phenoxy) is 1. The zero-order chi connectivity index (χ0) is 29.0. The summed E-state index contributed by atoms with van der Waals surface area (Å²) in [6, 6.07) is 12.3. The van der Waals surface area contributed by atoms with Crippen molar-refractivity contribution in [3.05, 3.63) is 100.0 Å².